The minimum Gasteiger partial charge on any atom is -0.378 e. The smallest absolute Gasteiger partial charge is 0.236 e. The largest absolute Gasteiger partial charge is 0.378 e. The summed E-state index contributed by atoms with van der Waals surface area (Å²) in [4.78, 5) is 13.7. The summed E-state index contributed by atoms with van der Waals surface area (Å²) in [5, 5.41) is 3.12. The van der Waals surface area contributed by atoms with Crippen LogP contribution >= 0.6 is 0 Å². The van der Waals surface area contributed by atoms with E-state index in [9.17, 15) is 9.18 Å². The number of ether oxygens (including phenoxy) is 1. The van der Waals surface area contributed by atoms with E-state index in [1.54, 1.807) is 11.0 Å². The van der Waals surface area contributed by atoms with Crippen LogP contribution in [0.25, 0.3) is 0 Å². The van der Waals surface area contributed by atoms with Crippen LogP contribution in [0.5, 0.6) is 0 Å². The third-order valence-corrected chi connectivity index (χ3v) is 3.27. The number of hydrogen-bond donors (Lipinski definition) is 1. The van der Waals surface area contributed by atoms with Crippen LogP contribution in [0.1, 0.15) is 18.5 Å². The molecule has 1 aromatic rings. The molecule has 0 bridgehead atoms. The number of carbonyl (C=O) groups excluding carboxylic acids is 1. The maximum atomic E-state index is 13.1. The molecule has 1 N–H and O–H groups in total. The fraction of sp³-hybridized carbons (Fsp3) is 0.500. The van der Waals surface area contributed by atoms with E-state index in [1.165, 1.54) is 12.1 Å². The van der Waals surface area contributed by atoms with Crippen LogP contribution in [-0.4, -0.2) is 43.7 Å². The molecule has 0 unspecified atom stereocenters. The summed E-state index contributed by atoms with van der Waals surface area (Å²) in [6, 6.07) is 6.36. The van der Waals surface area contributed by atoms with Gasteiger partial charge in [0.05, 0.1) is 19.8 Å². The quantitative estimate of drug-likeness (QED) is 0.894. The zero-order valence-corrected chi connectivity index (χ0v) is 11.1. The Balaban J connectivity index is 1.82. The summed E-state index contributed by atoms with van der Waals surface area (Å²) >= 11 is 0. The van der Waals surface area contributed by atoms with Crippen molar-refractivity contribution in [3.63, 3.8) is 0 Å². The van der Waals surface area contributed by atoms with Gasteiger partial charge in [0.2, 0.25) is 5.91 Å². The van der Waals surface area contributed by atoms with Crippen molar-refractivity contribution in [1.82, 2.24) is 10.2 Å². The van der Waals surface area contributed by atoms with E-state index in [2.05, 4.69) is 5.32 Å². The second kappa shape index (κ2) is 6.63. The predicted molar refractivity (Wildman–Crippen MR) is 70.2 cm³/mol. The van der Waals surface area contributed by atoms with E-state index >= 15 is 0 Å². The van der Waals surface area contributed by atoms with Crippen LogP contribution in [0.15, 0.2) is 24.3 Å². The molecule has 2 rings (SSSR count). The lowest BCUT2D eigenvalue weighted by molar-refractivity contribution is -0.134. The normalized spacial score (nSPS) is 17.3. The topological polar surface area (TPSA) is 41.6 Å². The highest BCUT2D eigenvalue weighted by atomic mass is 19.1. The minimum atomic E-state index is -0.259. The van der Waals surface area contributed by atoms with Crippen LogP contribution in [0, 0.1) is 5.82 Å². The summed E-state index contributed by atoms with van der Waals surface area (Å²) in [5.74, 6) is -0.197. The van der Waals surface area contributed by atoms with Crippen molar-refractivity contribution in [3.8, 4) is 0 Å². The Morgan fingerprint density at radius 2 is 2.21 bits per heavy atom. The van der Waals surface area contributed by atoms with Crippen molar-refractivity contribution in [2.45, 2.75) is 13.0 Å². The molecule has 0 aliphatic carbocycles. The molecule has 1 aromatic carbocycles. The van der Waals surface area contributed by atoms with Crippen molar-refractivity contribution >= 4 is 5.91 Å². The molecule has 1 aliphatic heterocycles. The standard InChI is InChI=1S/C14H19FN2O2/c1-11(12-3-2-4-13(15)9-12)16-10-14(18)17-5-7-19-8-6-17/h2-4,9,11,16H,5-8,10H2,1H3/t11-/m1/s1. The molecule has 19 heavy (non-hydrogen) atoms. The molecule has 1 fully saturated rings. The Morgan fingerprint density at radius 3 is 2.89 bits per heavy atom. The Morgan fingerprint density at radius 1 is 1.47 bits per heavy atom. The van der Waals surface area contributed by atoms with E-state index in [-0.39, 0.29) is 24.3 Å². The van der Waals surface area contributed by atoms with Gasteiger partial charge in [0.1, 0.15) is 5.82 Å². The third-order valence-electron chi connectivity index (χ3n) is 3.27. The fourth-order valence-corrected chi connectivity index (χ4v) is 2.06. The molecule has 5 heteroatoms. The van der Waals surface area contributed by atoms with Crippen LogP contribution in [-0.2, 0) is 9.53 Å². The molecule has 0 spiro atoms. The summed E-state index contributed by atoms with van der Waals surface area (Å²) in [6.07, 6.45) is 0. The number of nitrogens with one attached hydrogen (secondary N) is 1. The Bertz CT molecular complexity index is 433. The molecule has 4 nitrogen and oxygen atoms in total. The number of carbonyl (C=O) groups is 1. The molecule has 1 aliphatic rings. The highest BCUT2D eigenvalue weighted by molar-refractivity contribution is 5.78. The number of benzene rings is 1. The zero-order chi connectivity index (χ0) is 13.7. The summed E-state index contributed by atoms with van der Waals surface area (Å²) in [6.45, 7) is 4.68. The van der Waals surface area contributed by atoms with Gasteiger partial charge in [-0.3, -0.25) is 4.79 Å². The SMILES string of the molecule is C[C@@H](NCC(=O)N1CCOCC1)c1cccc(F)c1. The summed E-state index contributed by atoms with van der Waals surface area (Å²) in [5.41, 5.74) is 0.842. The van der Waals surface area contributed by atoms with E-state index in [0.29, 0.717) is 26.3 Å². The summed E-state index contributed by atoms with van der Waals surface area (Å²) < 4.78 is 18.3. The second-order valence-corrected chi connectivity index (χ2v) is 4.65. The molecule has 1 heterocycles. The van der Waals surface area contributed by atoms with Crippen molar-refractivity contribution < 1.29 is 13.9 Å². The monoisotopic (exact) mass is 266 g/mol. The second-order valence-electron chi connectivity index (χ2n) is 4.65. The maximum Gasteiger partial charge on any atom is 0.236 e. The van der Waals surface area contributed by atoms with Crippen LogP contribution in [0.3, 0.4) is 0 Å². The minimum absolute atomic E-state index is 0.0549. The number of amides is 1. The van der Waals surface area contributed by atoms with Crippen LogP contribution in [0.4, 0.5) is 4.39 Å². The first-order valence-corrected chi connectivity index (χ1v) is 6.51. The zero-order valence-electron chi connectivity index (χ0n) is 11.1. The first-order valence-electron chi connectivity index (χ1n) is 6.51. The fourth-order valence-electron chi connectivity index (χ4n) is 2.06. The number of nitrogens with zero attached hydrogens (tertiary/aromatic N) is 1. The van der Waals surface area contributed by atoms with Gasteiger partial charge >= 0.3 is 0 Å². The molecular formula is C14H19FN2O2. The van der Waals surface area contributed by atoms with E-state index in [4.69, 9.17) is 4.74 Å². The average molecular weight is 266 g/mol. The molecule has 1 amide bonds. The molecule has 1 saturated heterocycles. The lowest BCUT2D eigenvalue weighted by Crippen LogP contribution is -2.45. The van der Waals surface area contributed by atoms with Crippen LogP contribution < -0.4 is 5.32 Å². The van der Waals surface area contributed by atoms with E-state index in [1.807, 2.05) is 13.0 Å². The van der Waals surface area contributed by atoms with Crippen molar-refractivity contribution in [1.29, 1.82) is 0 Å². The molecule has 0 saturated carbocycles. The number of morpholine rings is 1. The van der Waals surface area contributed by atoms with Crippen molar-refractivity contribution in [2.75, 3.05) is 32.8 Å². The molecule has 0 radical (unpaired) electrons. The van der Waals surface area contributed by atoms with Gasteiger partial charge < -0.3 is 15.0 Å². The highest BCUT2D eigenvalue weighted by Gasteiger charge is 2.17. The lowest BCUT2D eigenvalue weighted by Gasteiger charge is -2.27. The van der Waals surface area contributed by atoms with Crippen LogP contribution in [0.2, 0.25) is 0 Å². The average Bonchev–Trinajstić information content (AvgIpc) is 2.45. The molecule has 104 valence electrons. The number of hydrogen-bond acceptors (Lipinski definition) is 3. The Labute approximate surface area is 112 Å². The van der Waals surface area contributed by atoms with Gasteiger partial charge in [-0.15, -0.1) is 0 Å². The molecule has 1 atom stereocenters. The molecule has 0 aromatic heterocycles. The van der Waals surface area contributed by atoms with Gasteiger partial charge in [0.15, 0.2) is 0 Å². The Hall–Kier alpha value is -1.46. The van der Waals surface area contributed by atoms with Gasteiger partial charge in [0.25, 0.3) is 0 Å². The third kappa shape index (κ3) is 4.01. The van der Waals surface area contributed by atoms with Gasteiger partial charge in [-0.25, -0.2) is 4.39 Å². The van der Waals surface area contributed by atoms with Crippen molar-refractivity contribution in [2.24, 2.45) is 0 Å². The van der Waals surface area contributed by atoms with E-state index < -0.39 is 0 Å². The highest BCUT2D eigenvalue weighted by Crippen LogP contribution is 2.13. The Kier molecular flexibility index (Phi) is 4.87. The van der Waals surface area contributed by atoms with E-state index in [0.717, 1.165) is 5.56 Å². The first-order chi connectivity index (χ1) is 9.16. The summed E-state index contributed by atoms with van der Waals surface area (Å²) in [7, 11) is 0. The molecular weight excluding hydrogens is 247 g/mol. The number of halogens is 1. The lowest BCUT2D eigenvalue weighted by atomic mass is 10.1. The van der Waals surface area contributed by atoms with Gasteiger partial charge in [-0.05, 0) is 24.6 Å². The van der Waals surface area contributed by atoms with Gasteiger partial charge in [-0.2, -0.15) is 0 Å². The van der Waals surface area contributed by atoms with Crippen molar-refractivity contribution in [3.05, 3.63) is 35.6 Å². The first kappa shape index (κ1) is 14.0. The maximum absolute atomic E-state index is 13.1. The van der Waals surface area contributed by atoms with Gasteiger partial charge in [-0.1, -0.05) is 12.1 Å². The predicted octanol–water partition coefficient (Wildman–Crippen LogP) is 1.34. The number of rotatable bonds is 4. The van der Waals surface area contributed by atoms with Gasteiger partial charge in [0, 0.05) is 19.1 Å².